The van der Waals surface area contributed by atoms with E-state index in [0.717, 1.165) is 21.4 Å². The molecule has 0 N–H and O–H groups in total. The van der Waals surface area contributed by atoms with Gasteiger partial charge in [-0.25, -0.2) is 4.98 Å². The Balaban J connectivity index is 2.13. The summed E-state index contributed by atoms with van der Waals surface area (Å²) in [5, 5.41) is 7.87. The SMILES string of the molecule is O=c1ncc2c3ccc4c5ccccc5cc4c3cc=2c1=O. The second-order valence-corrected chi connectivity index (χ2v) is 5.58. The number of benzene rings is 2. The predicted molar refractivity (Wildman–Crippen MR) is 87.0 cm³/mol. The summed E-state index contributed by atoms with van der Waals surface area (Å²) in [6.07, 6.45) is 1.51. The molecule has 0 amide bonds. The Kier molecular flexibility index (Phi) is 1.98. The van der Waals surface area contributed by atoms with Crippen molar-refractivity contribution < 1.29 is 0 Å². The van der Waals surface area contributed by atoms with E-state index in [0.29, 0.717) is 5.22 Å². The first-order valence-corrected chi connectivity index (χ1v) is 7.07. The second kappa shape index (κ2) is 3.77. The molecule has 0 atom stereocenters. The maximum atomic E-state index is 12.0. The van der Waals surface area contributed by atoms with Crippen LogP contribution in [0, 0.1) is 10.4 Å². The standard InChI is InChI=1S/C19H9NO2/c21-18-16-8-15-13(17(16)9-20-19(18)22)6-5-12-11-4-2-1-3-10(11)7-14(12)15/h1-9H. The van der Waals surface area contributed by atoms with Crippen LogP contribution in [0.1, 0.15) is 0 Å². The van der Waals surface area contributed by atoms with Crippen LogP contribution in [-0.2, 0) is 0 Å². The van der Waals surface area contributed by atoms with E-state index in [4.69, 9.17) is 0 Å². The number of hydrogen-bond donors (Lipinski definition) is 0. The van der Waals surface area contributed by atoms with Gasteiger partial charge < -0.3 is 0 Å². The van der Waals surface area contributed by atoms with Crippen LogP contribution in [0.25, 0.3) is 32.3 Å². The molecule has 0 fully saturated rings. The number of aromatic nitrogens is 1. The number of hydrogen-bond acceptors (Lipinski definition) is 3. The van der Waals surface area contributed by atoms with Crippen LogP contribution in [0.15, 0.2) is 64.3 Å². The van der Waals surface area contributed by atoms with Crippen LogP contribution < -0.4 is 11.0 Å². The molecule has 3 nitrogen and oxygen atoms in total. The summed E-state index contributed by atoms with van der Waals surface area (Å²) in [5.41, 5.74) is -1.20. The molecule has 5 rings (SSSR count). The molecule has 0 spiro atoms. The number of fused-ring (bicyclic) bond motifs is 6. The average Bonchev–Trinajstić information content (AvgIpc) is 3.09. The lowest BCUT2D eigenvalue weighted by molar-refractivity contribution is 1.17. The summed E-state index contributed by atoms with van der Waals surface area (Å²) in [5.74, 6) is 0. The summed E-state index contributed by atoms with van der Waals surface area (Å²) < 4.78 is 0. The van der Waals surface area contributed by atoms with Gasteiger partial charge in [0.1, 0.15) is 0 Å². The van der Waals surface area contributed by atoms with Gasteiger partial charge >= 0.3 is 5.56 Å². The molecule has 1 heterocycles. The first kappa shape index (κ1) is 11.6. The van der Waals surface area contributed by atoms with E-state index in [9.17, 15) is 9.59 Å². The molecule has 0 saturated heterocycles. The molecule has 3 aromatic carbocycles. The highest BCUT2D eigenvalue weighted by Crippen LogP contribution is 2.34. The monoisotopic (exact) mass is 283 g/mol. The van der Waals surface area contributed by atoms with E-state index in [2.05, 4.69) is 29.2 Å². The quantitative estimate of drug-likeness (QED) is 0.411. The van der Waals surface area contributed by atoms with Gasteiger partial charge in [0.25, 0.3) is 5.43 Å². The fourth-order valence-corrected chi connectivity index (χ4v) is 3.43. The Bertz CT molecular complexity index is 1360. The number of nitrogens with zero attached hydrogens (tertiary/aromatic N) is 1. The molecule has 1 aliphatic carbocycles. The van der Waals surface area contributed by atoms with Crippen LogP contribution in [0.5, 0.6) is 0 Å². The summed E-state index contributed by atoms with van der Waals surface area (Å²) >= 11 is 0. The van der Waals surface area contributed by atoms with Crippen LogP contribution in [0.3, 0.4) is 0 Å². The first-order valence-electron chi connectivity index (χ1n) is 7.07. The summed E-state index contributed by atoms with van der Waals surface area (Å²) in [4.78, 5) is 27.2. The minimum absolute atomic E-state index is 0.466. The van der Waals surface area contributed by atoms with Gasteiger partial charge in [-0.3, -0.25) is 9.59 Å². The lowest BCUT2D eigenvalue weighted by atomic mass is 10.1. The Labute approximate surface area is 123 Å². The van der Waals surface area contributed by atoms with E-state index in [1.165, 1.54) is 22.4 Å². The zero-order chi connectivity index (χ0) is 14.8. The van der Waals surface area contributed by atoms with Gasteiger partial charge in [-0.2, -0.15) is 0 Å². The third kappa shape index (κ3) is 1.28. The van der Waals surface area contributed by atoms with Gasteiger partial charge in [-0.1, -0.05) is 36.4 Å². The van der Waals surface area contributed by atoms with Gasteiger partial charge in [0.2, 0.25) is 0 Å². The zero-order valence-electron chi connectivity index (χ0n) is 11.5. The minimum atomic E-state index is -0.688. The Morgan fingerprint density at radius 3 is 2.36 bits per heavy atom. The molecule has 0 bridgehead atoms. The van der Waals surface area contributed by atoms with Crippen molar-refractivity contribution in [2.45, 2.75) is 0 Å². The predicted octanol–water partition coefficient (Wildman–Crippen LogP) is 2.86. The van der Waals surface area contributed by atoms with Crippen LogP contribution in [-0.4, -0.2) is 4.98 Å². The molecule has 2 aliphatic rings. The van der Waals surface area contributed by atoms with Crippen molar-refractivity contribution >= 4 is 32.3 Å². The topological polar surface area (TPSA) is 47.0 Å². The van der Waals surface area contributed by atoms with Gasteiger partial charge in [0.05, 0.1) is 0 Å². The Morgan fingerprint density at radius 2 is 1.45 bits per heavy atom. The van der Waals surface area contributed by atoms with Crippen molar-refractivity contribution in [2.24, 2.45) is 0 Å². The van der Waals surface area contributed by atoms with Crippen molar-refractivity contribution in [1.29, 1.82) is 0 Å². The molecule has 1 aliphatic heterocycles. The molecular formula is C19H9NO2. The summed E-state index contributed by atoms with van der Waals surface area (Å²) in [7, 11) is 0. The van der Waals surface area contributed by atoms with Gasteiger partial charge in [-0.05, 0) is 44.5 Å². The third-order valence-electron chi connectivity index (χ3n) is 4.46. The number of rotatable bonds is 0. The molecule has 0 aromatic heterocycles. The first-order chi connectivity index (χ1) is 10.7. The van der Waals surface area contributed by atoms with Crippen LogP contribution in [0.4, 0.5) is 0 Å². The highest BCUT2D eigenvalue weighted by atomic mass is 16.2. The molecule has 0 radical (unpaired) electrons. The van der Waals surface area contributed by atoms with Crippen molar-refractivity contribution in [2.75, 3.05) is 0 Å². The third-order valence-corrected chi connectivity index (χ3v) is 4.46. The van der Waals surface area contributed by atoms with E-state index in [-0.39, 0.29) is 0 Å². The van der Waals surface area contributed by atoms with Crippen molar-refractivity contribution in [1.82, 2.24) is 4.98 Å². The lowest BCUT2D eigenvalue weighted by Gasteiger charge is -1.95. The van der Waals surface area contributed by atoms with E-state index < -0.39 is 11.0 Å². The average molecular weight is 283 g/mol. The van der Waals surface area contributed by atoms with Crippen molar-refractivity contribution in [3.8, 4) is 0 Å². The van der Waals surface area contributed by atoms with Crippen LogP contribution in [0.2, 0.25) is 0 Å². The van der Waals surface area contributed by atoms with Crippen molar-refractivity contribution in [3.63, 3.8) is 0 Å². The smallest absolute Gasteiger partial charge is 0.283 e. The molecule has 102 valence electrons. The molecule has 0 saturated carbocycles. The normalized spacial score (nSPS) is 12.0. The Morgan fingerprint density at radius 1 is 0.682 bits per heavy atom. The molecular weight excluding hydrogens is 274 g/mol. The highest BCUT2D eigenvalue weighted by molar-refractivity contribution is 6.21. The zero-order valence-corrected chi connectivity index (χ0v) is 11.5. The fraction of sp³-hybridized carbons (Fsp3) is 0. The second-order valence-electron chi connectivity index (χ2n) is 5.58. The highest BCUT2D eigenvalue weighted by Gasteiger charge is 2.11. The van der Waals surface area contributed by atoms with Gasteiger partial charge in [0, 0.05) is 16.6 Å². The van der Waals surface area contributed by atoms with Gasteiger partial charge in [-0.15, -0.1) is 0 Å². The minimum Gasteiger partial charge on any atom is -0.283 e. The molecule has 3 heteroatoms. The molecule has 22 heavy (non-hydrogen) atoms. The largest absolute Gasteiger partial charge is 0.318 e. The molecule has 0 unspecified atom stereocenters. The van der Waals surface area contributed by atoms with E-state index in [1.807, 2.05) is 24.3 Å². The van der Waals surface area contributed by atoms with E-state index in [1.54, 1.807) is 0 Å². The molecule has 3 aromatic rings. The lowest BCUT2D eigenvalue weighted by Crippen LogP contribution is -2.26. The maximum Gasteiger partial charge on any atom is 0.318 e. The Hall–Kier alpha value is -3.07. The summed E-state index contributed by atoms with van der Waals surface area (Å²) in [6, 6.07) is 16.3. The van der Waals surface area contributed by atoms with E-state index >= 15 is 0 Å². The van der Waals surface area contributed by atoms with Gasteiger partial charge in [0.15, 0.2) is 0 Å². The fourth-order valence-electron chi connectivity index (χ4n) is 3.43. The van der Waals surface area contributed by atoms with Crippen LogP contribution >= 0.6 is 0 Å². The summed E-state index contributed by atoms with van der Waals surface area (Å²) in [6.45, 7) is 0. The maximum absolute atomic E-state index is 12.0. The van der Waals surface area contributed by atoms with Crippen molar-refractivity contribution in [3.05, 3.63) is 85.7 Å².